The number of aryl methyl sites for hydroxylation is 3. The number of nitrogens with zero attached hydrogens (tertiary/aromatic N) is 2. The van der Waals surface area contributed by atoms with Gasteiger partial charge in [-0.05, 0) is 55.5 Å². The van der Waals surface area contributed by atoms with Gasteiger partial charge in [-0.25, -0.2) is 8.42 Å². The van der Waals surface area contributed by atoms with Crippen LogP contribution < -0.4 is 9.62 Å². The van der Waals surface area contributed by atoms with E-state index in [9.17, 15) is 18.0 Å². The summed E-state index contributed by atoms with van der Waals surface area (Å²) in [5.74, 6) is -0.700. The van der Waals surface area contributed by atoms with Crippen molar-refractivity contribution in [2.24, 2.45) is 0 Å². The van der Waals surface area contributed by atoms with Crippen molar-refractivity contribution in [1.29, 1.82) is 0 Å². The lowest BCUT2D eigenvalue weighted by Crippen LogP contribution is -2.53. The highest BCUT2D eigenvalue weighted by molar-refractivity contribution is 7.92. The molecule has 0 aliphatic heterocycles. The molecule has 1 unspecified atom stereocenters. The van der Waals surface area contributed by atoms with Gasteiger partial charge in [0.25, 0.3) is 0 Å². The van der Waals surface area contributed by atoms with Crippen LogP contribution in [0.15, 0.2) is 72.8 Å². The number of benzene rings is 3. The number of hydrogen-bond acceptors (Lipinski definition) is 4. The first-order valence-corrected chi connectivity index (χ1v) is 15.6. The van der Waals surface area contributed by atoms with Crippen LogP contribution in [0.2, 0.25) is 0 Å². The van der Waals surface area contributed by atoms with Crippen LogP contribution in [0, 0.1) is 20.8 Å². The van der Waals surface area contributed by atoms with Crippen LogP contribution in [-0.4, -0.2) is 50.5 Å². The second kappa shape index (κ2) is 14.1. The zero-order chi connectivity index (χ0) is 29.3. The zero-order valence-electron chi connectivity index (χ0n) is 24.2. The molecule has 0 saturated carbocycles. The van der Waals surface area contributed by atoms with Gasteiger partial charge in [0, 0.05) is 19.5 Å². The summed E-state index contributed by atoms with van der Waals surface area (Å²) in [6.07, 6.45) is 3.16. The normalized spacial score (nSPS) is 12.0. The molecule has 0 radical (unpaired) electrons. The van der Waals surface area contributed by atoms with Crippen molar-refractivity contribution in [1.82, 2.24) is 10.2 Å². The van der Waals surface area contributed by atoms with E-state index in [1.165, 1.54) is 4.90 Å². The smallest absolute Gasteiger partial charge is 0.244 e. The minimum absolute atomic E-state index is 0.169. The topological polar surface area (TPSA) is 86.8 Å². The minimum Gasteiger partial charge on any atom is -0.354 e. The molecule has 0 aliphatic carbocycles. The number of hydrogen-bond donors (Lipinski definition) is 1. The lowest BCUT2D eigenvalue weighted by molar-refractivity contribution is -0.140. The number of rotatable bonds is 13. The van der Waals surface area contributed by atoms with Gasteiger partial charge in [-0.3, -0.25) is 13.9 Å². The molecule has 0 spiro atoms. The van der Waals surface area contributed by atoms with Crippen LogP contribution >= 0.6 is 0 Å². The minimum atomic E-state index is -3.80. The van der Waals surface area contributed by atoms with E-state index < -0.39 is 28.5 Å². The third-order valence-electron chi connectivity index (χ3n) is 6.89. The van der Waals surface area contributed by atoms with Crippen LogP contribution in [0.1, 0.15) is 47.6 Å². The highest BCUT2D eigenvalue weighted by Gasteiger charge is 2.33. The van der Waals surface area contributed by atoms with Crippen LogP contribution in [0.4, 0.5) is 5.69 Å². The SMILES string of the molecule is CCCCNC(=O)C(Cc1ccccc1)N(Cc1ccc(C)cc1)C(=O)CN(c1cc(C)ccc1C)S(C)(=O)=O. The van der Waals surface area contributed by atoms with Crippen molar-refractivity contribution in [3.05, 3.63) is 101 Å². The largest absolute Gasteiger partial charge is 0.354 e. The van der Waals surface area contributed by atoms with Gasteiger partial charge in [0.1, 0.15) is 12.6 Å². The van der Waals surface area contributed by atoms with Crippen LogP contribution in [-0.2, 0) is 32.6 Å². The van der Waals surface area contributed by atoms with E-state index in [4.69, 9.17) is 0 Å². The lowest BCUT2D eigenvalue weighted by Gasteiger charge is -2.34. The molecule has 214 valence electrons. The number of sulfonamides is 1. The van der Waals surface area contributed by atoms with Crippen molar-refractivity contribution < 1.29 is 18.0 Å². The monoisotopic (exact) mass is 563 g/mol. The number of carbonyl (C=O) groups is 2. The van der Waals surface area contributed by atoms with Crippen molar-refractivity contribution >= 4 is 27.5 Å². The molecule has 8 heteroatoms. The molecular weight excluding hydrogens is 522 g/mol. The van der Waals surface area contributed by atoms with Crippen LogP contribution in [0.5, 0.6) is 0 Å². The fourth-order valence-corrected chi connectivity index (χ4v) is 5.43. The summed E-state index contributed by atoms with van der Waals surface area (Å²) in [6, 6.07) is 22.1. The number of carbonyl (C=O) groups excluding carboxylic acids is 2. The third kappa shape index (κ3) is 8.68. The maximum absolute atomic E-state index is 14.1. The second-order valence-corrected chi connectivity index (χ2v) is 12.3. The number of anilines is 1. The Morgan fingerprint density at radius 3 is 2.15 bits per heavy atom. The third-order valence-corrected chi connectivity index (χ3v) is 8.01. The van der Waals surface area contributed by atoms with E-state index in [0.29, 0.717) is 18.7 Å². The highest BCUT2D eigenvalue weighted by atomic mass is 32.2. The van der Waals surface area contributed by atoms with Gasteiger partial charge in [0.15, 0.2) is 0 Å². The van der Waals surface area contributed by atoms with Crippen LogP contribution in [0.25, 0.3) is 0 Å². The molecule has 3 aromatic carbocycles. The first-order valence-electron chi connectivity index (χ1n) is 13.7. The van der Waals surface area contributed by atoms with Crippen molar-refractivity contribution in [2.75, 3.05) is 23.7 Å². The summed E-state index contributed by atoms with van der Waals surface area (Å²) >= 11 is 0. The predicted molar refractivity (Wildman–Crippen MR) is 162 cm³/mol. The fourth-order valence-electron chi connectivity index (χ4n) is 4.53. The Morgan fingerprint density at radius 1 is 0.875 bits per heavy atom. The Hall–Kier alpha value is -3.65. The fraction of sp³-hybridized carbons (Fsp3) is 0.375. The molecule has 0 heterocycles. The van der Waals surface area contributed by atoms with Crippen molar-refractivity contribution in [2.45, 2.75) is 59.5 Å². The average molecular weight is 564 g/mol. The lowest BCUT2D eigenvalue weighted by atomic mass is 10.0. The molecule has 0 fully saturated rings. The van der Waals surface area contributed by atoms with E-state index in [2.05, 4.69) is 5.32 Å². The van der Waals surface area contributed by atoms with E-state index in [-0.39, 0.29) is 12.5 Å². The standard InChI is InChI=1S/C32H41N3O4S/c1-6-7-19-33-32(37)30(21-27-11-9-8-10-12-27)34(22-28-17-14-24(2)15-18-28)31(36)23-35(40(5,38)39)29-20-25(3)13-16-26(29)4/h8-18,20,30H,6-7,19,21-23H2,1-5H3,(H,33,37). The van der Waals surface area contributed by atoms with Crippen LogP contribution in [0.3, 0.4) is 0 Å². The predicted octanol–water partition coefficient (Wildman–Crippen LogP) is 4.93. The van der Waals surface area contributed by atoms with Gasteiger partial charge < -0.3 is 10.2 Å². The van der Waals surface area contributed by atoms with E-state index in [1.54, 1.807) is 6.07 Å². The molecular formula is C32H41N3O4S. The van der Waals surface area contributed by atoms with E-state index >= 15 is 0 Å². The van der Waals surface area contributed by atoms with Gasteiger partial charge >= 0.3 is 0 Å². The van der Waals surface area contributed by atoms with Gasteiger partial charge in [0.05, 0.1) is 11.9 Å². The van der Waals surface area contributed by atoms with Crippen molar-refractivity contribution in [3.8, 4) is 0 Å². The molecule has 3 aromatic rings. The van der Waals surface area contributed by atoms with Gasteiger partial charge in [0.2, 0.25) is 21.8 Å². The molecule has 0 aliphatic rings. The first kappa shape index (κ1) is 30.9. The summed E-state index contributed by atoms with van der Waals surface area (Å²) in [6.45, 7) is 8.00. The van der Waals surface area contributed by atoms with Gasteiger partial charge in [-0.15, -0.1) is 0 Å². The molecule has 1 atom stereocenters. The van der Waals surface area contributed by atoms with Gasteiger partial charge in [-0.1, -0.05) is 85.6 Å². The number of unbranched alkanes of at least 4 members (excludes halogenated alkanes) is 1. The average Bonchev–Trinajstić information content (AvgIpc) is 2.91. The molecule has 7 nitrogen and oxygen atoms in total. The second-order valence-electron chi connectivity index (χ2n) is 10.4. The maximum Gasteiger partial charge on any atom is 0.244 e. The van der Waals surface area contributed by atoms with Crippen molar-refractivity contribution in [3.63, 3.8) is 0 Å². The van der Waals surface area contributed by atoms with E-state index in [0.717, 1.165) is 51.2 Å². The summed E-state index contributed by atoms with van der Waals surface area (Å²) < 4.78 is 27.1. The Bertz CT molecular complexity index is 1390. The summed E-state index contributed by atoms with van der Waals surface area (Å²) in [4.78, 5) is 29.3. The quantitative estimate of drug-likeness (QED) is 0.299. The Kier molecular flexibility index (Phi) is 10.9. The molecule has 3 rings (SSSR count). The number of nitrogens with one attached hydrogen (secondary N) is 1. The van der Waals surface area contributed by atoms with E-state index in [1.807, 2.05) is 94.4 Å². The highest BCUT2D eigenvalue weighted by Crippen LogP contribution is 2.25. The molecule has 40 heavy (non-hydrogen) atoms. The number of amides is 2. The first-order chi connectivity index (χ1) is 19.0. The zero-order valence-corrected chi connectivity index (χ0v) is 25.0. The Morgan fingerprint density at radius 2 is 1.52 bits per heavy atom. The molecule has 0 bridgehead atoms. The Balaban J connectivity index is 2.05. The Labute approximate surface area is 239 Å². The molecule has 0 aromatic heterocycles. The van der Waals surface area contributed by atoms with Gasteiger partial charge in [-0.2, -0.15) is 0 Å². The summed E-state index contributed by atoms with van der Waals surface area (Å²) in [7, 11) is -3.80. The maximum atomic E-state index is 14.1. The summed E-state index contributed by atoms with van der Waals surface area (Å²) in [5, 5.41) is 3.00. The molecule has 0 saturated heterocycles. The molecule has 2 amide bonds. The summed E-state index contributed by atoms with van der Waals surface area (Å²) in [5.41, 5.74) is 4.93. The molecule has 1 N–H and O–H groups in total.